The predicted octanol–water partition coefficient (Wildman–Crippen LogP) is 3.91. The summed E-state index contributed by atoms with van der Waals surface area (Å²) in [5.41, 5.74) is 0. The summed E-state index contributed by atoms with van der Waals surface area (Å²) in [6.45, 7) is 0. The average Bonchev–Trinajstić information content (AvgIpc) is 2.47. The molecule has 0 fully saturated rings. The SMILES string of the molecule is CSCC(=O)[S][Sn]([S]C(=O)CSC)([S]C(=O)CSC)[S]C(=O)CSC. The molecule has 0 aromatic rings. The number of thioether (sulfide) groups is 4. The van der Waals surface area contributed by atoms with E-state index < -0.39 is 12.8 Å². The Bertz CT molecular complexity index is 391. The van der Waals surface area contributed by atoms with Crippen LogP contribution in [0.2, 0.25) is 0 Å². The molecule has 0 N–H and O–H groups in total. The van der Waals surface area contributed by atoms with Crippen LogP contribution in [0.3, 0.4) is 0 Å². The van der Waals surface area contributed by atoms with Gasteiger partial charge in [0.05, 0.1) is 0 Å². The maximum absolute atomic E-state index is 12.3. The van der Waals surface area contributed by atoms with Crippen LogP contribution < -0.4 is 0 Å². The van der Waals surface area contributed by atoms with Gasteiger partial charge in [0, 0.05) is 0 Å². The molecule has 0 aliphatic carbocycles. The van der Waals surface area contributed by atoms with Crippen LogP contribution >= 0.6 is 82.8 Å². The second kappa shape index (κ2) is 16.1. The van der Waals surface area contributed by atoms with Crippen molar-refractivity contribution in [1.82, 2.24) is 0 Å². The summed E-state index contributed by atoms with van der Waals surface area (Å²) in [5.74, 6) is 1.26. The van der Waals surface area contributed by atoms with Gasteiger partial charge in [0.2, 0.25) is 0 Å². The molecular formula is C12H20O4S8Sn. The molecule has 0 saturated heterocycles. The molecule has 0 aliphatic heterocycles. The fourth-order valence-electron chi connectivity index (χ4n) is 1.27. The Labute approximate surface area is 181 Å². The molecule has 0 saturated carbocycles. The van der Waals surface area contributed by atoms with E-state index in [1.165, 1.54) is 47.0 Å². The number of carbonyl (C=O) groups excluding carboxylic acids is 4. The van der Waals surface area contributed by atoms with Crippen LogP contribution in [0.15, 0.2) is 0 Å². The predicted molar refractivity (Wildman–Crippen MR) is 130 cm³/mol. The molecule has 0 amide bonds. The van der Waals surface area contributed by atoms with E-state index in [2.05, 4.69) is 0 Å². The van der Waals surface area contributed by atoms with Crippen molar-refractivity contribution in [3.05, 3.63) is 0 Å². The van der Waals surface area contributed by atoms with E-state index in [4.69, 9.17) is 0 Å². The van der Waals surface area contributed by atoms with Crippen molar-refractivity contribution in [3.63, 3.8) is 0 Å². The van der Waals surface area contributed by atoms with Crippen molar-refractivity contribution in [1.29, 1.82) is 0 Å². The summed E-state index contributed by atoms with van der Waals surface area (Å²) in [6.07, 6.45) is 7.33. The van der Waals surface area contributed by atoms with Crippen LogP contribution in [0.5, 0.6) is 0 Å². The summed E-state index contributed by atoms with van der Waals surface area (Å²) >= 11 is 1.73. The Hall–Kier alpha value is 2.28. The first kappa shape index (κ1) is 27.3. The van der Waals surface area contributed by atoms with Gasteiger partial charge < -0.3 is 0 Å². The van der Waals surface area contributed by atoms with E-state index in [0.717, 1.165) is 35.8 Å². The summed E-state index contributed by atoms with van der Waals surface area (Å²) < 4.78 is 0. The fourth-order valence-corrected chi connectivity index (χ4v) is 51.2. The molecule has 13 heteroatoms. The van der Waals surface area contributed by atoms with Crippen LogP contribution in [-0.4, -0.2) is 81.3 Å². The molecule has 0 bridgehead atoms. The van der Waals surface area contributed by atoms with Gasteiger partial charge in [0.15, 0.2) is 0 Å². The van der Waals surface area contributed by atoms with Crippen LogP contribution in [0.1, 0.15) is 0 Å². The van der Waals surface area contributed by atoms with Gasteiger partial charge in [-0.3, -0.25) is 0 Å². The van der Waals surface area contributed by atoms with E-state index in [0.29, 0.717) is 23.0 Å². The van der Waals surface area contributed by atoms with Gasteiger partial charge in [-0.1, -0.05) is 0 Å². The van der Waals surface area contributed by atoms with Gasteiger partial charge in [-0.2, -0.15) is 0 Å². The zero-order valence-corrected chi connectivity index (χ0v) is 23.6. The molecule has 0 aromatic heterocycles. The van der Waals surface area contributed by atoms with Gasteiger partial charge in [-0.25, -0.2) is 0 Å². The van der Waals surface area contributed by atoms with E-state index in [-0.39, 0.29) is 20.5 Å². The molecule has 0 aliphatic rings. The minimum atomic E-state index is -3.90. The number of hydrogen-bond donors (Lipinski definition) is 0. The van der Waals surface area contributed by atoms with Crippen molar-refractivity contribution in [2.45, 2.75) is 0 Å². The van der Waals surface area contributed by atoms with Crippen molar-refractivity contribution in [2.75, 3.05) is 48.0 Å². The Balaban J connectivity index is 5.55. The van der Waals surface area contributed by atoms with Crippen molar-refractivity contribution in [2.24, 2.45) is 0 Å². The third-order valence-electron chi connectivity index (χ3n) is 2.00. The molecule has 144 valence electrons. The Morgan fingerprint density at radius 1 is 0.520 bits per heavy atom. The molecule has 0 heterocycles. The second-order valence-electron chi connectivity index (χ2n) is 4.13. The van der Waals surface area contributed by atoms with Gasteiger partial charge in [-0.15, -0.1) is 0 Å². The number of carbonyl (C=O) groups is 4. The van der Waals surface area contributed by atoms with E-state index in [1.54, 1.807) is 0 Å². The van der Waals surface area contributed by atoms with Crippen LogP contribution in [-0.2, 0) is 19.2 Å². The van der Waals surface area contributed by atoms with Gasteiger partial charge in [0.1, 0.15) is 0 Å². The van der Waals surface area contributed by atoms with E-state index in [1.807, 2.05) is 25.0 Å². The Morgan fingerprint density at radius 2 is 0.720 bits per heavy atom. The normalized spacial score (nSPS) is 11.4. The van der Waals surface area contributed by atoms with E-state index >= 15 is 0 Å². The molecule has 0 radical (unpaired) electrons. The molecule has 0 unspecified atom stereocenters. The molecule has 25 heavy (non-hydrogen) atoms. The van der Waals surface area contributed by atoms with Gasteiger partial charge in [-0.05, 0) is 0 Å². The monoisotopic (exact) mass is 604 g/mol. The molecule has 0 spiro atoms. The van der Waals surface area contributed by atoms with Gasteiger partial charge >= 0.3 is 183 Å². The summed E-state index contributed by atoms with van der Waals surface area (Å²) in [4.78, 5) is 49.1. The van der Waals surface area contributed by atoms with Crippen molar-refractivity contribution >= 4 is 116 Å². The van der Waals surface area contributed by atoms with Crippen LogP contribution in [0.4, 0.5) is 0 Å². The van der Waals surface area contributed by atoms with E-state index in [9.17, 15) is 19.2 Å². The molecule has 0 rings (SSSR count). The first-order valence-corrected chi connectivity index (χ1v) is 29.5. The van der Waals surface area contributed by atoms with Crippen LogP contribution in [0, 0.1) is 0 Å². The molecule has 4 nitrogen and oxygen atoms in total. The number of hydrogen-bond acceptors (Lipinski definition) is 12. The third kappa shape index (κ3) is 13.2. The summed E-state index contributed by atoms with van der Waals surface area (Å²) in [5, 5.41) is -0.216. The zero-order chi connectivity index (χ0) is 19.3. The summed E-state index contributed by atoms with van der Waals surface area (Å²) in [7, 11) is 4.51. The second-order valence-corrected chi connectivity index (χ2v) is 46.9. The third-order valence-corrected chi connectivity index (χ3v) is 43.9. The quantitative estimate of drug-likeness (QED) is 0.304. The van der Waals surface area contributed by atoms with Gasteiger partial charge in [0.25, 0.3) is 0 Å². The van der Waals surface area contributed by atoms with Crippen molar-refractivity contribution in [3.8, 4) is 0 Å². The molecule has 0 atom stereocenters. The fraction of sp³-hybridized carbons (Fsp3) is 0.667. The first-order chi connectivity index (χ1) is 11.8. The Morgan fingerprint density at radius 3 is 0.880 bits per heavy atom. The summed E-state index contributed by atoms with van der Waals surface area (Å²) in [6, 6.07) is 0. The maximum atomic E-state index is 12.3. The molecule has 0 aromatic carbocycles. The zero-order valence-electron chi connectivity index (χ0n) is 14.2. The standard InChI is InChI=1S/4C3H6OS2.Sn/c4*1-6-2-3(4)5;/h4*2H2,1H3,(H,4,5);/q;;;;+4/p-4. The van der Waals surface area contributed by atoms with Crippen molar-refractivity contribution < 1.29 is 19.2 Å². The average molecular weight is 604 g/mol. The topological polar surface area (TPSA) is 68.3 Å². The first-order valence-electron chi connectivity index (χ1n) is 6.65. The molecular weight excluding hydrogens is 583 g/mol. The minimum absolute atomic E-state index is 0.0540. The van der Waals surface area contributed by atoms with Crippen LogP contribution in [0.25, 0.3) is 0 Å². The number of rotatable bonds is 12. The Kier molecular flexibility index (Phi) is 17.6.